The molecule has 29 heavy (non-hydrogen) atoms. The van der Waals surface area contributed by atoms with Crippen molar-refractivity contribution in [2.24, 2.45) is 0 Å². The van der Waals surface area contributed by atoms with Gasteiger partial charge in [-0.1, -0.05) is 12.1 Å². The van der Waals surface area contributed by atoms with Gasteiger partial charge in [-0.25, -0.2) is 0 Å². The molecule has 0 unspecified atom stereocenters. The number of alkyl halides is 3. The molecule has 0 bridgehead atoms. The number of carbonyl (C=O) groups excluding carboxylic acids is 2. The summed E-state index contributed by atoms with van der Waals surface area (Å²) in [5, 5.41) is 5.51. The number of amides is 2. The Morgan fingerprint density at radius 1 is 0.828 bits per heavy atom. The van der Waals surface area contributed by atoms with Gasteiger partial charge in [0.25, 0.3) is 0 Å². The number of aryl methyl sites for hydroxylation is 1. The number of halogens is 3. The molecule has 2 amide bonds. The van der Waals surface area contributed by atoms with Crippen molar-refractivity contribution in [1.82, 2.24) is 4.90 Å². The lowest BCUT2D eigenvalue weighted by molar-refractivity contribution is -0.137. The number of carbonyl (C=O) groups is 2. The number of nitrogens with zero attached hydrogens (tertiary/aromatic N) is 1. The molecule has 0 atom stereocenters. The second-order valence-electron chi connectivity index (χ2n) is 6.92. The van der Waals surface area contributed by atoms with Gasteiger partial charge in [0.2, 0.25) is 11.8 Å². The molecule has 0 aliphatic heterocycles. The maximum atomic E-state index is 12.6. The number of benzene rings is 2. The normalized spacial score (nSPS) is 11.4. The van der Waals surface area contributed by atoms with Crippen molar-refractivity contribution in [3.63, 3.8) is 0 Å². The topological polar surface area (TPSA) is 61.4 Å². The molecule has 0 spiro atoms. The number of nitrogens with one attached hydrogen (secondary N) is 2. The minimum absolute atomic E-state index is 0.0907. The quantitative estimate of drug-likeness (QED) is 0.691. The number of hydrogen-bond donors (Lipinski definition) is 2. The summed E-state index contributed by atoms with van der Waals surface area (Å²) in [5.74, 6) is -0.334. The SMILES string of the molecule is CN(C)CCC(=O)Nc1ccc(NC(=O)CCc2ccc(C(F)(F)F)cc2)cc1. The molecular formula is C21H24F3N3O2. The van der Waals surface area contributed by atoms with Gasteiger partial charge in [0.05, 0.1) is 5.56 Å². The van der Waals surface area contributed by atoms with Crippen LogP contribution < -0.4 is 10.6 Å². The molecule has 0 aliphatic carbocycles. The molecule has 0 aliphatic rings. The van der Waals surface area contributed by atoms with Crippen molar-refractivity contribution in [2.45, 2.75) is 25.4 Å². The Bertz CT molecular complexity index is 817. The van der Waals surface area contributed by atoms with E-state index in [2.05, 4.69) is 10.6 Å². The van der Waals surface area contributed by atoms with Crippen LogP contribution in [-0.4, -0.2) is 37.4 Å². The molecule has 2 rings (SSSR count). The third-order valence-corrected chi connectivity index (χ3v) is 4.16. The van der Waals surface area contributed by atoms with E-state index in [1.807, 2.05) is 19.0 Å². The first-order valence-corrected chi connectivity index (χ1v) is 9.14. The summed E-state index contributed by atoms with van der Waals surface area (Å²) < 4.78 is 37.7. The van der Waals surface area contributed by atoms with Gasteiger partial charge in [0.1, 0.15) is 0 Å². The van der Waals surface area contributed by atoms with Gasteiger partial charge in [-0.05, 0) is 62.5 Å². The summed E-state index contributed by atoms with van der Waals surface area (Å²) in [4.78, 5) is 25.8. The van der Waals surface area contributed by atoms with Gasteiger partial charge in [-0.2, -0.15) is 13.2 Å². The fourth-order valence-corrected chi connectivity index (χ4v) is 2.53. The third-order valence-electron chi connectivity index (χ3n) is 4.16. The van der Waals surface area contributed by atoms with E-state index in [1.165, 1.54) is 12.1 Å². The summed E-state index contributed by atoms with van der Waals surface area (Å²) in [5.41, 5.74) is 1.16. The van der Waals surface area contributed by atoms with Crippen molar-refractivity contribution in [2.75, 3.05) is 31.3 Å². The van der Waals surface area contributed by atoms with E-state index < -0.39 is 11.7 Å². The average Bonchev–Trinajstić information content (AvgIpc) is 2.66. The van der Waals surface area contributed by atoms with Gasteiger partial charge in [0, 0.05) is 30.8 Å². The Kier molecular flexibility index (Phi) is 7.78. The van der Waals surface area contributed by atoms with Crippen LogP contribution in [0.3, 0.4) is 0 Å². The molecule has 0 saturated heterocycles. The zero-order chi connectivity index (χ0) is 21.4. The smallest absolute Gasteiger partial charge is 0.326 e. The highest BCUT2D eigenvalue weighted by Crippen LogP contribution is 2.29. The highest BCUT2D eigenvalue weighted by atomic mass is 19.4. The highest BCUT2D eigenvalue weighted by Gasteiger charge is 2.29. The lowest BCUT2D eigenvalue weighted by Gasteiger charge is -2.10. The first kappa shape index (κ1) is 22.4. The first-order chi connectivity index (χ1) is 13.6. The molecular weight excluding hydrogens is 383 g/mol. The monoisotopic (exact) mass is 407 g/mol. The molecule has 0 saturated carbocycles. The second kappa shape index (κ2) is 10.1. The van der Waals surface area contributed by atoms with Crippen molar-refractivity contribution < 1.29 is 22.8 Å². The Labute approximate surface area is 167 Å². The van der Waals surface area contributed by atoms with Crippen molar-refractivity contribution >= 4 is 23.2 Å². The highest BCUT2D eigenvalue weighted by molar-refractivity contribution is 5.93. The average molecular weight is 407 g/mol. The zero-order valence-electron chi connectivity index (χ0n) is 16.3. The molecule has 156 valence electrons. The third kappa shape index (κ3) is 7.95. The largest absolute Gasteiger partial charge is 0.416 e. The standard InChI is InChI=1S/C21H24F3N3O2/c1-27(2)14-13-20(29)26-18-10-8-17(9-11-18)25-19(28)12-5-15-3-6-16(7-4-15)21(22,23)24/h3-4,6-11H,5,12-14H2,1-2H3,(H,25,28)(H,26,29). The van der Waals surface area contributed by atoms with Crippen molar-refractivity contribution in [1.29, 1.82) is 0 Å². The molecule has 0 heterocycles. The molecule has 2 aromatic carbocycles. The minimum Gasteiger partial charge on any atom is -0.326 e. The van der Waals surface area contributed by atoms with Crippen LogP contribution >= 0.6 is 0 Å². The predicted octanol–water partition coefficient (Wildman–Crippen LogP) is 4.17. The summed E-state index contributed by atoms with van der Waals surface area (Å²) in [6.45, 7) is 0.652. The van der Waals surface area contributed by atoms with E-state index in [0.717, 1.165) is 12.1 Å². The van der Waals surface area contributed by atoms with E-state index in [-0.39, 0.29) is 18.2 Å². The Morgan fingerprint density at radius 2 is 1.31 bits per heavy atom. The Hall–Kier alpha value is -2.87. The lowest BCUT2D eigenvalue weighted by Crippen LogP contribution is -2.20. The summed E-state index contributed by atoms with van der Waals surface area (Å²) in [6.07, 6.45) is -3.50. The van der Waals surface area contributed by atoms with E-state index >= 15 is 0 Å². The fourth-order valence-electron chi connectivity index (χ4n) is 2.53. The van der Waals surface area contributed by atoms with Gasteiger partial charge < -0.3 is 15.5 Å². The van der Waals surface area contributed by atoms with Gasteiger partial charge in [0.15, 0.2) is 0 Å². The molecule has 2 aromatic rings. The maximum absolute atomic E-state index is 12.6. The molecule has 5 nitrogen and oxygen atoms in total. The Balaban J connectivity index is 1.79. The van der Waals surface area contributed by atoms with Crippen LogP contribution in [-0.2, 0) is 22.2 Å². The van der Waals surface area contributed by atoms with E-state index in [4.69, 9.17) is 0 Å². The van der Waals surface area contributed by atoms with Gasteiger partial charge in [-0.15, -0.1) is 0 Å². The maximum Gasteiger partial charge on any atom is 0.416 e. The van der Waals surface area contributed by atoms with Crippen LogP contribution in [0.2, 0.25) is 0 Å². The van der Waals surface area contributed by atoms with Crippen LogP contribution in [0.25, 0.3) is 0 Å². The van der Waals surface area contributed by atoms with Crippen molar-refractivity contribution in [3.8, 4) is 0 Å². The van der Waals surface area contributed by atoms with Crippen LogP contribution in [0.5, 0.6) is 0 Å². The molecule has 8 heteroatoms. The summed E-state index contributed by atoms with van der Waals surface area (Å²) in [6, 6.07) is 11.5. The van der Waals surface area contributed by atoms with Crippen molar-refractivity contribution in [3.05, 3.63) is 59.7 Å². The second-order valence-corrected chi connectivity index (χ2v) is 6.92. The van der Waals surface area contributed by atoms with Crippen LogP contribution in [0.4, 0.5) is 24.5 Å². The van der Waals surface area contributed by atoms with E-state index in [9.17, 15) is 22.8 Å². The van der Waals surface area contributed by atoms with Crippen LogP contribution in [0.1, 0.15) is 24.0 Å². The number of rotatable bonds is 8. The lowest BCUT2D eigenvalue weighted by atomic mass is 10.1. The van der Waals surface area contributed by atoms with Crippen LogP contribution in [0, 0.1) is 0 Å². The van der Waals surface area contributed by atoms with Gasteiger partial charge in [-0.3, -0.25) is 9.59 Å². The van der Waals surface area contributed by atoms with E-state index in [1.54, 1.807) is 24.3 Å². The summed E-state index contributed by atoms with van der Waals surface area (Å²) >= 11 is 0. The molecule has 0 radical (unpaired) electrons. The zero-order valence-corrected chi connectivity index (χ0v) is 16.3. The molecule has 0 fully saturated rings. The predicted molar refractivity (Wildman–Crippen MR) is 107 cm³/mol. The molecule has 0 aromatic heterocycles. The van der Waals surface area contributed by atoms with Gasteiger partial charge >= 0.3 is 6.18 Å². The number of anilines is 2. The van der Waals surface area contributed by atoms with Crippen LogP contribution in [0.15, 0.2) is 48.5 Å². The van der Waals surface area contributed by atoms with E-state index in [0.29, 0.717) is 36.3 Å². The number of hydrogen-bond acceptors (Lipinski definition) is 3. The fraction of sp³-hybridized carbons (Fsp3) is 0.333. The molecule has 2 N–H and O–H groups in total. The minimum atomic E-state index is -4.37. The Morgan fingerprint density at radius 3 is 1.76 bits per heavy atom. The summed E-state index contributed by atoms with van der Waals surface area (Å²) in [7, 11) is 3.78. The first-order valence-electron chi connectivity index (χ1n) is 9.14.